The average molecular weight is 349 g/mol. The molecule has 0 spiro atoms. The van der Waals surface area contributed by atoms with Crippen molar-refractivity contribution in [3.8, 4) is 5.75 Å². The van der Waals surface area contributed by atoms with E-state index in [-0.39, 0.29) is 17.7 Å². The van der Waals surface area contributed by atoms with Gasteiger partial charge in [-0.1, -0.05) is 30.7 Å². The van der Waals surface area contributed by atoms with Gasteiger partial charge in [-0.05, 0) is 85.6 Å². The Morgan fingerprint density at radius 1 is 1.27 bits per heavy atom. The van der Waals surface area contributed by atoms with Crippen molar-refractivity contribution in [1.82, 2.24) is 5.32 Å². The number of hydrogen-bond donors (Lipinski definition) is 2. The van der Waals surface area contributed by atoms with E-state index in [4.69, 9.17) is 4.74 Å². The molecular formula is C23H27NO2. The Balaban J connectivity index is 1.53. The number of fused-ring (bicyclic) bond motifs is 4. The van der Waals surface area contributed by atoms with Crippen LogP contribution in [0.15, 0.2) is 47.1 Å². The summed E-state index contributed by atoms with van der Waals surface area (Å²) in [5.74, 6) is 0.981. The summed E-state index contributed by atoms with van der Waals surface area (Å²) >= 11 is 0. The van der Waals surface area contributed by atoms with Gasteiger partial charge in [0, 0.05) is 5.41 Å². The monoisotopic (exact) mass is 349 g/mol. The zero-order valence-electron chi connectivity index (χ0n) is 15.6. The van der Waals surface area contributed by atoms with Crippen molar-refractivity contribution in [1.29, 1.82) is 0 Å². The Hall–Kier alpha value is -1.84. The quantitative estimate of drug-likeness (QED) is 0.843. The van der Waals surface area contributed by atoms with Crippen molar-refractivity contribution in [3.63, 3.8) is 0 Å². The fraction of sp³-hybridized carbons (Fsp3) is 0.478. The first-order chi connectivity index (χ1) is 12.6. The molecule has 3 aliphatic carbocycles. The van der Waals surface area contributed by atoms with Gasteiger partial charge in [0.05, 0.1) is 6.10 Å². The second kappa shape index (κ2) is 5.83. The van der Waals surface area contributed by atoms with Crippen LogP contribution in [0.3, 0.4) is 0 Å². The number of nitrogens with one attached hydrogen (secondary N) is 1. The predicted molar refractivity (Wildman–Crippen MR) is 104 cm³/mol. The van der Waals surface area contributed by atoms with Crippen LogP contribution in [0, 0.1) is 5.41 Å². The number of aliphatic hydroxyl groups excluding tert-OH is 1. The van der Waals surface area contributed by atoms with Crippen LogP contribution in [0.25, 0.3) is 5.57 Å². The Labute approximate surface area is 155 Å². The van der Waals surface area contributed by atoms with Gasteiger partial charge in [-0.2, -0.15) is 0 Å². The summed E-state index contributed by atoms with van der Waals surface area (Å²) in [6, 6.07) is 6.61. The fourth-order valence-corrected chi connectivity index (χ4v) is 5.35. The molecule has 3 atom stereocenters. The van der Waals surface area contributed by atoms with E-state index in [0.29, 0.717) is 0 Å². The lowest BCUT2D eigenvalue weighted by molar-refractivity contribution is 0.114. The minimum Gasteiger partial charge on any atom is -0.475 e. The van der Waals surface area contributed by atoms with Gasteiger partial charge in [0.25, 0.3) is 0 Å². The van der Waals surface area contributed by atoms with E-state index >= 15 is 0 Å². The van der Waals surface area contributed by atoms with E-state index in [1.54, 1.807) is 0 Å². The summed E-state index contributed by atoms with van der Waals surface area (Å²) in [5, 5.41) is 13.9. The zero-order valence-corrected chi connectivity index (χ0v) is 15.6. The van der Waals surface area contributed by atoms with Gasteiger partial charge >= 0.3 is 0 Å². The maximum Gasteiger partial charge on any atom is 0.150 e. The number of ether oxygens (including phenoxy) is 1. The van der Waals surface area contributed by atoms with Crippen LogP contribution in [0.2, 0.25) is 0 Å². The highest BCUT2D eigenvalue weighted by atomic mass is 16.5. The van der Waals surface area contributed by atoms with E-state index in [2.05, 4.69) is 43.4 Å². The number of rotatable bonds is 2. The number of aryl methyl sites for hydroxylation is 1. The molecular weight excluding hydrogens is 322 g/mol. The third-order valence-electron chi connectivity index (χ3n) is 6.68. The highest BCUT2D eigenvalue weighted by Crippen LogP contribution is 2.54. The van der Waals surface area contributed by atoms with Crippen LogP contribution in [0.1, 0.15) is 50.7 Å². The Kier molecular flexibility index (Phi) is 3.67. The van der Waals surface area contributed by atoms with Crippen LogP contribution in [-0.2, 0) is 6.42 Å². The van der Waals surface area contributed by atoms with E-state index in [9.17, 15) is 5.11 Å². The molecule has 1 aliphatic heterocycles. The maximum absolute atomic E-state index is 10.5. The first-order valence-corrected chi connectivity index (χ1v) is 9.89. The maximum atomic E-state index is 10.5. The minimum atomic E-state index is -0.363. The minimum absolute atomic E-state index is 0.141. The molecule has 0 amide bonds. The molecule has 1 unspecified atom stereocenters. The summed E-state index contributed by atoms with van der Waals surface area (Å²) < 4.78 is 6.12. The number of hydrogen-bond acceptors (Lipinski definition) is 3. The molecule has 1 heterocycles. The highest BCUT2D eigenvalue weighted by Gasteiger charge is 2.44. The van der Waals surface area contributed by atoms with Crippen molar-refractivity contribution in [2.75, 3.05) is 6.54 Å². The number of aliphatic hydroxyl groups is 1. The SMILES string of the molecule is CC1=C2C(=C3C=C[C@H](O)[C@@]3(C)C1)CCc1cc(OC3CCCN3)ccc12. The third kappa shape index (κ3) is 2.34. The molecule has 2 N–H and O–H groups in total. The molecule has 1 saturated heterocycles. The van der Waals surface area contributed by atoms with Gasteiger partial charge < -0.3 is 9.84 Å². The normalized spacial score (nSPS) is 32.6. The molecule has 0 saturated carbocycles. The second-order valence-electron chi connectivity index (χ2n) is 8.47. The van der Waals surface area contributed by atoms with Gasteiger partial charge in [-0.25, -0.2) is 0 Å². The molecule has 3 heteroatoms. The van der Waals surface area contributed by atoms with Crippen LogP contribution in [0.4, 0.5) is 0 Å². The van der Waals surface area contributed by atoms with Gasteiger partial charge in [0.1, 0.15) is 12.0 Å². The summed E-state index contributed by atoms with van der Waals surface area (Å²) in [5.41, 5.74) is 8.24. The van der Waals surface area contributed by atoms with Gasteiger partial charge in [0.15, 0.2) is 0 Å². The Morgan fingerprint density at radius 3 is 2.96 bits per heavy atom. The molecule has 0 aromatic heterocycles. The summed E-state index contributed by atoms with van der Waals surface area (Å²) in [7, 11) is 0. The van der Waals surface area contributed by atoms with Gasteiger partial charge in [0.2, 0.25) is 0 Å². The summed E-state index contributed by atoms with van der Waals surface area (Å²) in [6.07, 6.45) is 9.24. The predicted octanol–water partition coefficient (Wildman–Crippen LogP) is 4.13. The van der Waals surface area contributed by atoms with Crippen molar-refractivity contribution < 1.29 is 9.84 Å². The van der Waals surface area contributed by atoms with Crippen molar-refractivity contribution in [2.24, 2.45) is 5.41 Å². The van der Waals surface area contributed by atoms with Gasteiger partial charge in [-0.3, -0.25) is 5.32 Å². The highest BCUT2D eigenvalue weighted by molar-refractivity contribution is 5.88. The second-order valence-corrected chi connectivity index (χ2v) is 8.47. The first-order valence-electron chi connectivity index (χ1n) is 9.89. The molecule has 3 nitrogen and oxygen atoms in total. The third-order valence-corrected chi connectivity index (χ3v) is 6.68. The first kappa shape index (κ1) is 16.3. The molecule has 0 radical (unpaired) electrons. The standard InChI is InChI=1S/C23H27NO2/c1-14-13-23(2)19(9-10-20(23)25)18-7-5-15-12-16(6-8-17(15)22(14)18)26-21-4-3-11-24-21/h6,8-10,12,20-21,24-25H,3-5,7,11,13H2,1-2H3/t20-,21?,23-/m0/s1. The Morgan fingerprint density at radius 2 is 2.15 bits per heavy atom. The fourth-order valence-electron chi connectivity index (χ4n) is 5.35. The van der Waals surface area contributed by atoms with Crippen LogP contribution in [-0.4, -0.2) is 24.0 Å². The largest absolute Gasteiger partial charge is 0.475 e. The number of benzene rings is 1. The smallest absolute Gasteiger partial charge is 0.150 e. The summed E-state index contributed by atoms with van der Waals surface area (Å²) in [4.78, 5) is 0. The van der Waals surface area contributed by atoms with Crippen molar-refractivity contribution >= 4 is 5.57 Å². The van der Waals surface area contributed by atoms with Crippen molar-refractivity contribution in [3.05, 3.63) is 58.2 Å². The molecule has 136 valence electrons. The molecule has 4 aliphatic rings. The lowest BCUT2D eigenvalue weighted by atomic mass is 9.65. The van der Waals surface area contributed by atoms with Crippen LogP contribution < -0.4 is 10.1 Å². The zero-order chi connectivity index (χ0) is 17.9. The topological polar surface area (TPSA) is 41.5 Å². The van der Waals surface area contributed by atoms with Crippen LogP contribution in [0.5, 0.6) is 5.75 Å². The lowest BCUT2D eigenvalue weighted by Gasteiger charge is -2.40. The van der Waals surface area contributed by atoms with E-state index in [0.717, 1.165) is 38.0 Å². The Bertz CT molecular complexity index is 857. The van der Waals surface area contributed by atoms with E-state index in [1.807, 2.05) is 6.08 Å². The molecule has 1 fully saturated rings. The summed E-state index contributed by atoms with van der Waals surface area (Å²) in [6.45, 7) is 5.50. The van der Waals surface area contributed by atoms with Crippen molar-refractivity contribution in [2.45, 2.75) is 58.3 Å². The molecule has 1 aromatic rings. The molecule has 5 rings (SSSR count). The van der Waals surface area contributed by atoms with Gasteiger partial charge in [-0.15, -0.1) is 0 Å². The molecule has 1 aromatic carbocycles. The molecule has 0 bridgehead atoms. The van der Waals surface area contributed by atoms with Crippen LogP contribution >= 0.6 is 0 Å². The number of allylic oxidation sites excluding steroid dienone is 4. The average Bonchev–Trinajstić information content (AvgIpc) is 3.23. The van der Waals surface area contributed by atoms with E-state index in [1.165, 1.54) is 39.8 Å². The van der Waals surface area contributed by atoms with E-state index < -0.39 is 0 Å². The molecule has 26 heavy (non-hydrogen) atoms. The lowest BCUT2D eigenvalue weighted by Crippen LogP contribution is -2.33.